The zero-order valence-electron chi connectivity index (χ0n) is 20.1. The molecule has 0 fully saturated rings. The van der Waals surface area contributed by atoms with Gasteiger partial charge in [0, 0.05) is 11.1 Å². The van der Waals surface area contributed by atoms with Crippen LogP contribution in [0.4, 0.5) is 8.78 Å². The van der Waals surface area contributed by atoms with E-state index in [0.717, 1.165) is 63.4 Å². The summed E-state index contributed by atoms with van der Waals surface area (Å²) in [7, 11) is 0. The molecular weight excluding hydrogens is 422 g/mol. The summed E-state index contributed by atoms with van der Waals surface area (Å²) in [5.41, 5.74) is 0.801. The predicted molar refractivity (Wildman–Crippen MR) is 127 cm³/mol. The molecule has 2 rings (SSSR count). The van der Waals surface area contributed by atoms with Crippen LogP contribution in [0.1, 0.15) is 100 Å². The summed E-state index contributed by atoms with van der Waals surface area (Å²) in [4.78, 5) is 11.6. The Morgan fingerprint density at radius 3 is 2.09 bits per heavy atom. The third-order valence-corrected chi connectivity index (χ3v) is 5.97. The quantitative estimate of drug-likeness (QED) is 0.248. The van der Waals surface area contributed by atoms with E-state index in [1.165, 1.54) is 37.5 Å². The summed E-state index contributed by atoms with van der Waals surface area (Å²) >= 11 is 0. The van der Waals surface area contributed by atoms with Gasteiger partial charge in [-0.25, -0.2) is 4.39 Å². The SMILES string of the molecule is CCCCCCCCc1ccc(C(=O)[O-])c(-c2ccc(OCCCCCCC)c(F)c2F)c1. The Morgan fingerprint density at radius 1 is 0.788 bits per heavy atom. The predicted octanol–water partition coefficient (Wildman–Crippen LogP) is 7.25. The van der Waals surface area contributed by atoms with Crippen molar-refractivity contribution in [3.63, 3.8) is 0 Å². The molecule has 0 aliphatic rings. The number of carbonyl (C=O) groups excluding carboxylic acids is 1. The average molecular weight is 460 g/mol. The van der Waals surface area contributed by atoms with Crippen LogP contribution < -0.4 is 9.84 Å². The number of aromatic carboxylic acids is 1. The Hall–Kier alpha value is -2.43. The van der Waals surface area contributed by atoms with Gasteiger partial charge in [-0.1, -0.05) is 89.8 Å². The minimum atomic E-state index is -1.41. The fourth-order valence-corrected chi connectivity index (χ4v) is 4.00. The van der Waals surface area contributed by atoms with Crippen LogP contribution in [-0.2, 0) is 6.42 Å². The molecule has 0 N–H and O–H groups in total. The number of hydrogen-bond acceptors (Lipinski definition) is 3. The van der Waals surface area contributed by atoms with E-state index in [1.54, 1.807) is 12.1 Å². The highest BCUT2D eigenvalue weighted by Gasteiger charge is 2.18. The highest BCUT2D eigenvalue weighted by molar-refractivity contribution is 5.95. The van der Waals surface area contributed by atoms with Crippen LogP contribution >= 0.6 is 0 Å². The van der Waals surface area contributed by atoms with Crippen molar-refractivity contribution in [2.45, 2.75) is 90.9 Å². The molecule has 0 heterocycles. The molecule has 0 amide bonds. The highest BCUT2D eigenvalue weighted by Crippen LogP contribution is 2.33. The van der Waals surface area contributed by atoms with Crippen molar-refractivity contribution < 1.29 is 23.4 Å². The van der Waals surface area contributed by atoms with E-state index in [2.05, 4.69) is 13.8 Å². The first-order chi connectivity index (χ1) is 16.0. The number of hydrogen-bond donors (Lipinski definition) is 0. The highest BCUT2D eigenvalue weighted by atomic mass is 19.2. The molecule has 0 unspecified atom stereocenters. The Morgan fingerprint density at radius 2 is 1.42 bits per heavy atom. The monoisotopic (exact) mass is 459 g/mol. The van der Waals surface area contributed by atoms with Crippen molar-refractivity contribution in [1.82, 2.24) is 0 Å². The molecule has 0 bridgehead atoms. The molecule has 2 aromatic rings. The van der Waals surface area contributed by atoms with Crippen LogP contribution in [-0.4, -0.2) is 12.6 Å². The van der Waals surface area contributed by atoms with Crippen molar-refractivity contribution in [3.05, 3.63) is 53.1 Å². The number of carbonyl (C=O) groups is 1. The van der Waals surface area contributed by atoms with Gasteiger partial charge in [-0.3, -0.25) is 0 Å². The number of rotatable bonds is 16. The summed E-state index contributed by atoms with van der Waals surface area (Å²) < 4.78 is 35.1. The van der Waals surface area contributed by atoms with E-state index in [9.17, 15) is 18.7 Å². The third-order valence-electron chi connectivity index (χ3n) is 5.97. The molecule has 0 aliphatic heterocycles. The van der Waals surface area contributed by atoms with Crippen molar-refractivity contribution in [1.29, 1.82) is 0 Å². The number of unbranched alkanes of at least 4 members (excludes halogenated alkanes) is 9. The maximum absolute atomic E-state index is 15.0. The van der Waals surface area contributed by atoms with Gasteiger partial charge in [-0.15, -0.1) is 0 Å². The maximum atomic E-state index is 15.0. The molecular formula is C28H37F2O3-. The minimum absolute atomic E-state index is 0.0909. The zero-order chi connectivity index (χ0) is 24.1. The first-order valence-corrected chi connectivity index (χ1v) is 12.4. The summed E-state index contributed by atoms with van der Waals surface area (Å²) in [5.74, 6) is -3.75. The van der Waals surface area contributed by atoms with E-state index < -0.39 is 17.6 Å². The van der Waals surface area contributed by atoms with Crippen LogP contribution in [0.2, 0.25) is 0 Å². The van der Waals surface area contributed by atoms with Gasteiger partial charge >= 0.3 is 0 Å². The lowest BCUT2D eigenvalue weighted by Gasteiger charge is -2.15. The summed E-state index contributed by atoms with van der Waals surface area (Å²) in [5, 5.41) is 11.6. The van der Waals surface area contributed by atoms with E-state index >= 15 is 0 Å². The molecule has 33 heavy (non-hydrogen) atoms. The van der Waals surface area contributed by atoms with E-state index in [4.69, 9.17) is 4.74 Å². The number of ether oxygens (including phenoxy) is 1. The standard InChI is InChI=1S/C28H38F2O3/c1-3-5-7-9-10-12-14-21-15-16-23(28(31)32)24(20-21)22-17-18-25(27(30)26(22)29)33-19-13-11-8-6-4-2/h15-18,20H,3-14,19H2,1-2H3,(H,31,32)/p-1. The molecule has 0 saturated carbocycles. The molecule has 182 valence electrons. The normalized spacial score (nSPS) is 11.0. The van der Waals surface area contributed by atoms with Gasteiger partial charge in [0.25, 0.3) is 0 Å². The fraction of sp³-hybridized carbons (Fsp3) is 0.536. The molecule has 0 aliphatic carbocycles. The smallest absolute Gasteiger partial charge is 0.201 e. The molecule has 2 aromatic carbocycles. The van der Waals surface area contributed by atoms with Gasteiger partial charge in [0.2, 0.25) is 5.82 Å². The van der Waals surface area contributed by atoms with E-state index in [0.29, 0.717) is 6.61 Å². The molecule has 0 radical (unpaired) electrons. The molecule has 5 heteroatoms. The van der Waals surface area contributed by atoms with Gasteiger partial charge < -0.3 is 14.6 Å². The van der Waals surface area contributed by atoms with E-state index in [1.807, 2.05) is 0 Å². The molecule has 0 saturated heterocycles. The van der Waals surface area contributed by atoms with Crippen molar-refractivity contribution in [3.8, 4) is 16.9 Å². The molecule has 0 atom stereocenters. The maximum Gasteiger partial charge on any atom is 0.201 e. The topological polar surface area (TPSA) is 49.4 Å². The summed E-state index contributed by atoms with van der Waals surface area (Å²) in [6.07, 6.45) is 12.8. The van der Waals surface area contributed by atoms with Crippen LogP contribution in [0.25, 0.3) is 11.1 Å². The third kappa shape index (κ3) is 8.45. The number of carboxylic acids is 1. The van der Waals surface area contributed by atoms with Crippen molar-refractivity contribution >= 4 is 5.97 Å². The van der Waals surface area contributed by atoms with Gasteiger partial charge in [-0.05, 0) is 42.5 Å². The van der Waals surface area contributed by atoms with E-state index in [-0.39, 0.29) is 22.4 Å². The largest absolute Gasteiger partial charge is 0.545 e. The van der Waals surface area contributed by atoms with Gasteiger partial charge in [0.1, 0.15) is 0 Å². The molecule has 0 spiro atoms. The van der Waals surface area contributed by atoms with Gasteiger partial charge in [0.15, 0.2) is 11.6 Å². The Kier molecular flexibility index (Phi) is 11.9. The second-order valence-corrected chi connectivity index (χ2v) is 8.69. The number of halogens is 2. The van der Waals surface area contributed by atoms with Gasteiger partial charge in [-0.2, -0.15) is 4.39 Å². The van der Waals surface area contributed by atoms with Crippen LogP contribution in [0.3, 0.4) is 0 Å². The second kappa shape index (κ2) is 14.7. The lowest BCUT2D eigenvalue weighted by molar-refractivity contribution is -0.254. The number of carboxylic acid groups (broad SMARTS) is 1. The Balaban J connectivity index is 2.13. The summed E-state index contributed by atoms with van der Waals surface area (Å²) in [6.45, 7) is 4.62. The lowest BCUT2D eigenvalue weighted by Crippen LogP contribution is -2.23. The zero-order valence-corrected chi connectivity index (χ0v) is 20.1. The van der Waals surface area contributed by atoms with Gasteiger partial charge in [0.05, 0.1) is 12.6 Å². The Labute approximate surface area is 197 Å². The first-order valence-electron chi connectivity index (χ1n) is 12.4. The average Bonchev–Trinajstić information content (AvgIpc) is 2.81. The number of aryl methyl sites for hydroxylation is 1. The molecule has 0 aromatic heterocycles. The molecule has 3 nitrogen and oxygen atoms in total. The lowest BCUT2D eigenvalue weighted by atomic mass is 9.94. The minimum Gasteiger partial charge on any atom is -0.545 e. The van der Waals surface area contributed by atoms with Crippen LogP contribution in [0.15, 0.2) is 30.3 Å². The van der Waals surface area contributed by atoms with Crippen LogP contribution in [0, 0.1) is 11.6 Å². The summed E-state index contributed by atoms with van der Waals surface area (Å²) in [6, 6.07) is 7.56. The fourth-order valence-electron chi connectivity index (χ4n) is 4.00. The van der Waals surface area contributed by atoms with Crippen LogP contribution in [0.5, 0.6) is 5.75 Å². The number of benzene rings is 2. The second-order valence-electron chi connectivity index (χ2n) is 8.69. The Bertz CT molecular complexity index is 880. The van der Waals surface area contributed by atoms with Crippen molar-refractivity contribution in [2.75, 3.05) is 6.61 Å². The van der Waals surface area contributed by atoms with Crippen molar-refractivity contribution in [2.24, 2.45) is 0 Å². The first kappa shape index (κ1) is 26.8.